The minimum Gasteiger partial charge on any atom is -0.507 e. The molecule has 9 rings (SSSR count). The van der Waals surface area contributed by atoms with Crippen LogP contribution in [0.25, 0.3) is 32.8 Å². The third kappa shape index (κ3) is 10.0. The van der Waals surface area contributed by atoms with Crippen molar-refractivity contribution in [3.8, 4) is 38.6 Å². The van der Waals surface area contributed by atoms with Crippen LogP contribution in [0.2, 0.25) is 0 Å². The van der Waals surface area contributed by atoms with Crippen molar-refractivity contribution in [2.75, 3.05) is 31.9 Å². The van der Waals surface area contributed by atoms with Gasteiger partial charge in [0, 0.05) is 61.4 Å². The number of aliphatic hydroxyl groups excluding tert-OH is 1. The molecule has 2 saturated carbocycles. The monoisotopic (exact) mass is 942 g/mol. The number of phenolic OH excluding ortho intramolecular Hbond substituents is 1. The van der Waals surface area contributed by atoms with Gasteiger partial charge in [0.25, 0.3) is 0 Å². The Balaban J connectivity index is 0.728. The molecule has 4 aliphatic rings. The van der Waals surface area contributed by atoms with E-state index in [1.165, 1.54) is 4.90 Å². The van der Waals surface area contributed by atoms with Gasteiger partial charge in [-0.3, -0.25) is 19.1 Å². The largest absolute Gasteiger partial charge is 0.507 e. The summed E-state index contributed by atoms with van der Waals surface area (Å²) in [6.07, 6.45) is 11.1. The van der Waals surface area contributed by atoms with Crippen molar-refractivity contribution in [1.82, 2.24) is 45.4 Å². The van der Waals surface area contributed by atoms with Gasteiger partial charge in [0.2, 0.25) is 17.7 Å². The number of aromatic hydroxyl groups is 1. The van der Waals surface area contributed by atoms with Gasteiger partial charge in [-0.05, 0) is 111 Å². The van der Waals surface area contributed by atoms with Crippen molar-refractivity contribution in [3.63, 3.8) is 0 Å². The highest BCUT2D eigenvalue weighted by Gasteiger charge is 2.47. The Bertz CT molecular complexity index is 2600. The van der Waals surface area contributed by atoms with Gasteiger partial charge < -0.3 is 36.4 Å². The quantitative estimate of drug-likeness (QED) is 0.0838. The fraction of sp³-hybridized carbons (Fsp3) is 0.519. The van der Waals surface area contributed by atoms with E-state index in [2.05, 4.69) is 41.6 Å². The highest BCUT2D eigenvalue weighted by atomic mass is 32.1. The summed E-state index contributed by atoms with van der Waals surface area (Å²) in [6.45, 7) is 13.0. The van der Waals surface area contributed by atoms with E-state index in [1.807, 2.05) is 82.7 Å². The summed E-state index contributed by atoms with van der Waals surface area (Å²) in [5, 5.41) is 40.5. The lowest BCUT2D eigenvalue weighted by molar-refractivity contribution is -0.145. The summed E-state index contributed by atoms with van der Waals surface area (Å²) >= 11 is 1.59. The number of nitrogens with one attached hydrogen (secondary N) is 2. The summed E-state index contributed by atoms with van der Waals surface area (Å²) in [7, 11) is 0. The first-order valence-electron chi connectivity index (χ1n) is 24.3. The Kier molecular flexibility index (Phi) is 13.5. The van der Waals surface area contributed by atoms with Crippen LogP contribution >= 0.6 is 11.3 Å². The van der Waals surface area contributed by atoms with Crippen molar-refractivity contribution in [2.45, 2.75) is 123 Å². The number of carbonyl (C=O) groups excluding carboxylic acids is 3. The zero-order valence-electron chi connectivity index (χ0n) is 39.9. The summed E-state index contributed by atoms with van der Waals surface area (Å²) < 4.78 is 2.08. The topological polar surface area (TPSA) is 205 Å². The number of aryl methyl sites for hydroxylation is 1. The van der Waals surface area contributed by atoms with Crippen molar-refractivity contribution in [2.24, 2.45) is 22.7 Å². The van der Waals surface area contributed by atoms with Gasteiger partial charge in [0.15, 0.2) is 5.82 Å². The molecular formula is C52H66N10O5S. The summed E-state index contributed by atoms with van der Waals surface area (Å²) in [6, 6.07) is 15.3. The molecule has 15 nitrogen and oxygen atoms in total. The van der Waals surface area contributed by atoms with Gasteiger partial charge in [-0.1, -0.05) is 57.2 Å². The number of nitrogen functional groups attached to an aromatic ring is 1. The fourth-order valence-corrected chi connectivity index (χ4v) is 12.0. The van der Waals surface area contributed by atoms with E-state index in [0.29, 0.717) is 34.4 Å². The molecule has 4 fully saturated rings. The van der Waals surface area contributed by atoms with Crippen LogP contribution in [-0.2, 0) is 14.4 Å². The van der Waals surface area contributed by atoms with Crippen LogP contribution in [0.3, 0.4) is 0 Å². The number of hydrogen-bond acceptors (Lipinski definition) is 12. The SMILES string of the molecule is Cc1ncsc1-c1ccc(C(C)NC(=O)C2CC(O)CN2C(=O)C(NC(=O)C2CCC(CN3CC4(CCC(n5cc(-c6cc(-c7ccccc7O)nnc6N)cn5)CC4)C3)CC2)C(C)(C)C)cc1. The zero-order valence-corrected chi connectivity index (χ0v) is 40.7. The summed E-state index contributed by atoms with van der Waals surface area (Å²) in [4.78, 5) is 51.6. The van der Waals surface area contributed by atoms with Crippen molar-refractivity contribution < 1.29 is 24.6 Å². The van der Waals surface area contributed by atoms with Crippen LogP contribution < -0.4 is 16.4 Å². The number of nitrogens with two attached hydrogens (primary N) is 1. The van der Waals surface area contributed by atoms with Crippen LogP contribution in [0.15, 0.2) is 72.5 Å². The lowest BCUT2D eigenvalue weighted by atomic mass is 9.67. The van der Waals surface area contributed by atoms with E-state index in [9.17, 15) is 24.6 Å². The molecule has 2 aliphatic heterocycles. The van der Waals surface area contributed by atoms with E-state index in [1.54, 1.807) is 29.5 Å². The van der Waals surface area contributed by atoms with Gasteiger partial charge in [-0.15, -0.1) is 21.5 Å². The molecule has 3 aromatic heterocycles. The number of nitrogens with zero attached hydrogens (tertiary/aromatic N) is 7. The molecule has 5 aromatic rings. The third-order valence-corrected chi connectivity index (χ3v) is 16.2. The molecule has 360 valence electrons. The predicted molar refractivity (Wildman–Crippen MR) is 263 cm³/mol. The predicted octanol–water partition coefficient (Wildman–Crippen LogP) is 7.32. The first-order chi connectivity index (χ1) is 32.5. The fourth-order valence-electron chi connectivity index (χ4n) is 11.2. The second kappa shape index (κ2) is 19.4. The molecule has 0 radical (unpaired) electrons. The molecular weight excluding hydrogens is 877 g/mol. The van der Waals surface area contributed by atoms with Gasteiger partial charge >= 0.3 is 0 Å². The number of thiazole rings is 1. The van der Waals surface area contributed by atoms with E-state index >= 15 is 0 Å². The first-order valence-corrected chi connectivity index (χ1v) is 25.2. The average molecular weight is 943 g/mol. The van der Waals surface area contributed by atoms with E-state index in [4.69, 9.17) is 10.8 Å². The van der Waals surface area contributed by atoms with E-state index in [-0.39, 0.29) is 48.4 Å². The standard InChI is InChI=1S/C52H66N10O5S/c1-31(34-14-16-35(17-15-34)45-32(2)54-30-68-45)56-49(66)43-22-39(63)27-61(43)50(67)46(51(3,4)5)57-48(65)36-12-10-33(11-13-36)25-60-28-52(29-60)20-18-38(19-21-52)62-26-37(24-55-62)41-23-42(58-59-47(41)53)40-8-6-7-9-44(40)64/h6-9,14-17,23-24,26,30-31,33,36,38-39,43,46,63-64H,10-13,18-22,25,27-29H2,1-5H3,(H2,53,59)(H,56,66)(H,57,65). The second-order valence-electron chi connectivity index (χ2n) is 21.2. The van der Waals surface area contributed by atoms with Gasteiger partial charge in [0.1, 0.15) is 17.8 Å². The third-order valence-electron chi connectivity index (χ3n) is 15.2. The maximum Gasteiger partial charge on any atom is 0.246 e. The number of likely N-dealkylation sites (tertiary alicyclic amines) is 2. The zero-order chi connectivity index (χ0) is 47.9. The van der Waals surface area contributed by atoms with Crippen LogP contribution in [0.5, 0.6) is 5.75 Å². The van der Waals surface area contributed by atoms with Crippen LogP contribution in [0, 0.1) is 29.6 Å². The highest BCUT2D eigenvalue weighted by Crippen LogP contribution is 2.48. The summed E-state index contributed by atoms with van der Waals surface area (Å²) in [5.74, 6) is 0.0552. The molecule has 2 aliphatic carbocycles. The Labute approximate surface area is 402 Å². The number of benzene rings is 2. The number of carbonyl (C=O) groups is 3. The number of aliphatic hydroxyl groups is 1. The molecule has 4 atom stereocenters. The first kappa shape index (κ1) is 47.4. The lowest BCUT2D eigenvalue weighted by Crippen LogP contribution is -2.59. The maximum atomic E-state index is 14.4. The van der Waals surface area contributed by atoms with Crippen molar-refractivity contribution in [1.29, 1.82) is 0 Å². The van der Waals surface area contributed by atoms with Gasteiger partial charge in [-0.2, -0.15) is 5.10 Å². The molecule has 6 N–H and O–H groups in total. The van der Waals surface area contributed by atoms with Crippen molar-refractivity contribution in [3.05, 3.63) is 83.8 Å². The Hall–Kier alpha value is -5.71. The minimum atomic E-state index is -0.849. The number of hydrogen-bond donors (Lipinski definition) is 5. The Morgan fingerprint density at radius 3 is 2.32 bits per heavy atom. The van der Waals surface area contributed by atoms with Gasteiger partial charge in [0.05, 0.1) is 46.2 Å². The van der Waals surface area contributed by atoms with E-state index < -0.39 is 23.6 Å². The molecule has 1 spiro atoms. The normalized spacial score (nSPS) is 22.9. The number of amides is 3. The van der Waals surface area contributed by atoms with Gasteiger partial charge in [-0.25, -0.2) is 4.98 Å². The van der Waals surface area contributed by atoms with Crippen LogP contribution in [-0.4, -0.2) is 107 Å². The highest BCUT2D eigenvalue weighted by molar-refractivity contribution is 7.13. The number of aromatic nitrogens is 5. The number of anilines is 1. The molecule has 4 unspecified atom stereocenters. The Morgan fingerprint density at radius 1 is 0.926 bits per heavy atom. The molecule has 2 aromatic carbocycles. The number of para-hydroxylation sites is 1. The number of rotatable bonds is 12. The lowest BCUT2D eigenvalue weighted by Gasteiger charge is -2.54. The van der Waals surface area contributed by atoms with E-state index in [0.717, 1.165) is 104 Å². The number of phenols is 1. The molecule has 3 amide bonds. The Morgan fingerprint density at radius 2 is 1.65 bits per heavy atom. The molecule has 68 heavy (non-hydrogen) atoms. The molecule has 0 bridgehead atoms. The molecule has 16 heteroatoms. The van der Waals surface area contributed by atoms with Crippen molar-refractivity contribution >= 4 is 34.9 Å². The molecule has 5 heterocycles. The summed E-state index contributed by atoms with van der Waals surface area (Å²) in [5.41, 5.74) is 13.6. The second-order valence-corrected chi connectivity index (χ2v) is 22.1. The maximum absolute atomic E-state index is 14.4. The minimum absolute atomic E-state index is 0.0384. The average Bonchev–Trinajstić information content (AvgIpc) is 4.08. The van der Waals surface area contributed by atoms with Crippen LogP contribution in [0.4, 0.5) is 5.82 Å². The smallest absolute Gasteiger partial charge is 0.246 e. The molecule has 2 saturated heterocycles. The number of β-amino-alcohol motifs (C(OH)–C–C–N with tert-alkyl or cyclic N) is 1. The van der Waals surface area contributed by atoms with Crippen LogP contribution in [0.1, 0.15) is 109 Å².